The monoisotopic (exact) mass is 227 g/mol. The SMILES string of the molecule is CC1CCCC(N)(C2(O)CCCOCC2)C1. The third-order valence-corrected chi connectivity index (χ3v) is 4.50. The van der Waals surface area contributed by atoms with Gasteiger partial charge in [0.2, 0.25) is 0 Å². The number of nitrogens with two attached hydrogens (primary N) is 1. The summed E-state index contributed by atoms with van der Waals surface area (Å²) in [7, 11) is 0. The van der Waals surface area contributed by atoms with Gasteiger partial charge in [0.1, 0.15) is 0 Å². The molecule has 1 heterocycles. The predicted octanol–water partition coefficient (Wildman–Crippen LogP) is 1.83. The minimum Gasteiger partial charge on any atom is -0.388 e. The van der Waals surface area contributed by atoms with Crippen molar-refractivity contribution in [3.63, 3.8) is 0 Å². The Morgan fingerprint density at radius 3 is 2.75 bits per heavy atom. The van der Waals surface area contributed by atoms with Gasteiger partial charge in [-0.1, -0.05) is 19.8 Å². The molecule has 3 heteroatoms. The van der Waals surface area contributed by atoms with E-state index in [0.717, 1.165) is 38.7 Å². The number of rotatable bonds is 1. The van der Waals surface area contributed by atoms with Gasteiger partial charge >= 0.3 is 0 Å². The molecule has 3 N–H and O–H groups in total. The van der Waals surface area contributed by atoms with Crippen molar-refractivity contribution in [2.45, 2.75) is 63.0 Å². The molecule has 16 heavy (non-hydrogen) atoms. The van der Waals surface area contributed by atoms with Crippen LogP contribution in [0.1, 0.15) is 51.9 Å². The highest BCUT2D eigenvalue weighted by atomic mass is 16.5. The molecule has 0 spiro atoms. The molecule has 0 amide bonds. The second-order valence-corrected chi connectivity index (χ2v) is 5.86. The highest BCUT2D eigenvalue weighted by Gasteiger charge is 2.48. The molecule has 0 bridgehead atoms. The third-order valence-electron chi connectivity index (χ3n) is 4.50. The van der Waals surface area contributed by atoms with E-state index in [1.54, 1.807) is 0 Å². The Labute approximate surface area is 98.4 Å². The van der Waals surface area contributed by atoms with Crippen molar-refractivity contribution in [2.24, 2.45) is 11.7 Å². The minimum absolute atomic E-state index is 0.377. The second kappa shape index (κ2) is 4.63. The number of ether oxygens (including phenoxy) is 1. The third kappa shape index (κ3) is 2.27. The fourth-order valence-corrected chi connectivity index (χ4v) is 3.45. The molecule has 3 atom stereocenters. The number of hydrogen-bond acceptors (Lipinski definition) is 3. The van der Waals surface area contributed by atoms with Crippen molar-refractivity contribution < 1.29 is 9.84 Å². The topological polar surface area (TPSA) is 55.5 Å². The molecular formula is C13H25NO2. The molecule has 2 fully saturated rings. The molecule has 2 aliphatic rings. The average molecular weight is 227 g/mol. The molecule has 94 valence electrons. The lowest BCUT2D eigenvalue weighted by molar-refractivity contribution is -0.0719. The first-order valence-electron chi connectivity index (χ1n) is 6.65. The van der Waals surface area contributed by atoms with Gasteiger partial charge in [-0.25, -0.2) is 0 Å². The standard InChI is InChI=1S/C13H25NO2/c1-11-4-2-5-12(14,10-11)13(15)6-3-8-16-9-7-13/h11,15H,2-10,14H2,1H3. The maximum atomic E-state index is 10.8. The van der Waals surface area contributed by atoms with Crippen molar-refractivity contribution in [1.82, 2.24) is 0 Å². The van der Waals surface area contributed by atoms with E-state index in [-0.39, 0.29) is 5.54 Å². The van der Waals surface area contributed by atoms with Crippen LogP contribution in [0.15, 0.2) is 0 Å². The summed E-state index contributed by atoms with van der Waals surface area (Å²) in [6.45, 7) is 3.68. The van der Waals surface area contributed by atoms with E-state index in [0.29, 0.717) is 18.9 Å². The van der Waals surface area contributed by atoms with Crippen LogP contribution in [0.3, 0.4) is 0 Å². The van der Waals surface area contributed by atoms with Crippen LogP contribution in [0, 0.1) is 5.92 Å². The zero-order chi connectivity index (χ0) is 11.6. The normalized spacial score (nSPS) is 46.3. The summed E-state index contributed by atoms with van der Waals surface area (Å²) in [4.78, 5) is 0. The zero-order valence-electron chi connectivity index (χ0n) is 10.4. The second-order valence-electron chi connectivity index (χ2n) is 5.86. The Morgan fingerprint density at radius 1 is 1.19 bits per heavy atom. The number of hydrogen-bond donors (Lipinski definition) is 2. The minimum atomic E-state index is -0.696. The molecule has 0 aromatic carbocycles. The smallest absolute Gasteiger partial charge is 0.0849 e. The fraction of sp³-hybridized carbons (Fsp3) is 1.00. The predicted molar refractivity (Wildman–Crippen MR) is 64.2 cm³/mol. The van der Waals surface area contributed by atoms with Gasteiger partial charge in [0.05, 0.1) is 5.60 Å². The Kier molecular flexibility index (Phi) is 3.57. The molecule has 1 saturated carbocycles. The van der Waals surface area contributed by atoms with Gasteiger partial charge in [-0.2, -0.15) is 0 Å². The molecular weight excluding hydrogens is 202 g/mol. The molecule has 2 rings (SSSR count). The van der Waals surface area contributed by atoms with Crippen LogP contribution in [0.2, 0.25) is 0 Å². The first kappa shape index (κ1) is 12.3. The van der Waals surface area contributed by atoms with Crippen LogP contribution in [0.25, 0.3) is 0 Å². The lowest BCUT2D eigenvalue weighted by Crippen LogP contribution is -2.62. The van der Waals surface area contributed by atoms with E-state index in [9.17, 15) is 5.11 Å². The van der Waals surface area contributed by atoms with Gasteiger partial charge < -0.3 is 15.6 Å². The van der Waals surface area contributed by atoms with Crippen LogP contribution >= 0.6 is 0 Å². The van der Waals surface area contributed by atoms with Gasteiger partial charge in [0, 0.05) is 25.2 Å². The summed E-state index contributed by atoms with van der Waals surface area (Å²) < 4.78 is 5.44. The summed E-state index contributed by atoms with van der Waals surface area (Å²) in [5.41, 5.74) is 5.45. The van der Waals surface area contributed by atoms with Crippen LogP contribution in [-0.2, 0) is 4.74 Å². The maximum absolute atomic E-state index is 10.8. The van der Waals surface area contributed by atoms with Gasteiger partial charge in [0.25, 0.3) is 0 Å². The highest BCUT2D eigenvalue weighted by molar-refractivity contribution is 5.06. The van der Waals surface area contributed by atoms with Crippen molar-refractivity contribution in [3.05, 3.63) is 0 Å². The maximum Gasteiger partial charge on any atom is 0.0849 e. The van der Waals surface area contributed by atoms with E-state index < -0.39 is 5.60 Å². The van der Waals surface area contributed by atoms with Gasteiger partial charge in [-0.05, 0) is 31.6 Å². The quantitative estimate of drug-likeness (QED) is 0.718. The highest BCUT2D eigenvalue weighted by Crippen LogP contribution is 2.42. The zero-order valence-corrected chi connectivity index (χ0v) is 10.4. The van der Waals surface area contributed by atoms with E-state index in [4.69, 9.17) is 10.5 Å². The van der Waals surface area contributed by atoms with Crippen LogP contribution in [-0.4, -0.2) is 29.5 Å². The number of aliphatic hydroxyl groups is 1. The summed E-state index contributed by atoms with van der Waals surface area (Å²) in [5, 5.41) is 10.8. The Hall–Kier alpha value is -0.120. The lowest BCUT2D eigenvalue weighted by atomic mass is 9.65. The van der Waals surface area contributed by atoms with E-state index in [2.05, 4.69) is 6.92 Å². The summed E-state index contributed by atoms with van der Waals surface area (Å²) in [5.74, 6) is 0.645. The molecule has 3 unspecified atom stereocenters. The van der Waals surface area contributed by atoms with Gasteiger partial charge in [-0.3, -0.25) is 0 Å². The van der Waals surface area contributed by atoms with Crippen molar-refractivity contribution in [3.8, 4) is 0 Å². The molecule has 1 saturated heterocycles. The van der Waals surface area contributed by atoms with Gasteiger partial charge in [0.15, 0.2) is 0 Å². The van der Waals surface area contributed by atoms with Crippen molar-refractivity contribution in [1.29, 1.82) is 0 Å². The summed E-state index contributed by atoms with van der Waals surface area (Å²) in [6, 6.07) is 0. The van der Waals surface area contributed by atoms with Crippen LogP contribution < -0.4 is 5.73 Å². The largest absolute Gasteiger partial charge is 0.388 e. The Bertz CT molecular complexity index is 234. The van der Waals surface area contributed by atoms with E-state index >= 15 is 0 Å². The van der Waals surface area contributed by atoms with Crippen molar-refractivity contribution >= 4 is 0 Å². The fourth-order valence-electron chi connectivity index (χ4n) is 3.45. The summed E-state index contributed by atoms with van der Waals surface area (Å²) >= 11 is 0. The van der Waals surface area contributed by atoms with Gasteiger partial charge in [-0.15, -0.1) is 0 Å². The first-order valence-corrected chi connectivity index (χ1v) is 6.65. The molecule has 1 aliphatic heterocycles. The van der Waals surface area contributed by atoms with Crippen molar-refractivity contribution in [2.75, 3.05) is 13.2 Å². The Balaban J connectivity index is 2.12. The van der Waals surface area contributed by atoms with Crippen LogP contribution in [0.5, 0.6) is 0 Å². The van der Waals surface area contributed by atoms with Crippen LogP contribution in [0.4, 0.5) is 0 Å². The lowest BCUT2D eigenvalue weighted by Gasteiger charge is -2.48. The van der Waals surface area contributed by atoms with E-state index in [1.165, 1.54) is 6.42 Å². The summed E-state index contributed by atoms with van der Waals surface area (Å²) in [6.07, 6.45) is 6.78. The van der Waals surface area contributed by atoms with E-state index in [1.807, 2.05) is 0 Å². The molecule has 1 aliphatic carbocycles. The molecule has 0 aromatic rings. The Morgan fingerprint density at radius 2 is 2.00 bits per heavy atom. The molecule has 0 radical (unpaired) electrons. The molecule has 0 aromatic heterocycles. The first-order chi connectivity index (χ1) is 7.56. The molecule has 3 nitrogen and oxygen atoms in total. The average Bonchev–Trinajstić information content (AvgIpc) is 2.44.